The lowest BCUT2D eigenvalue weighted by Gasteiger charge is -2.22. The van der Waals surface area contributed by atoms with Crippen LogP contribution in [-0.4, -0.2) is 79.3 Å². The Balaban J connectivity index is 1.62. The van der Waals surface area contributed by atoms with Gasteiger partial charge in [-0.15, -0.1) is 11.8 Å². The van der Waals surface area contributed by atoms with Gasteiger partial charge in [0.25, 0.3) is 5.91 Å². The quantitative estimate of drug-likeness (QED) is 0.103. The van der Waals surface area contributed by atoms with Crippen LogP contribution in [0, 0.1) is 5.92 Å². The molecule has 1 amide bonds. The molecule has 1 aromatic heterocycles. The fourth-order valence-electron chi connectivity index (χ4n) is 4.36. The van der Waals surface area contributed by atoms with Gasteiger partial charge in [0.2, 0.25) is 5.95 Å². The minimum Gasteiger partial charge on any atom is -0.481 e. The highest BCUT2D eigenvalue weighted by atomic mass is 32.2. The topological polar surface area (TPSA) is 274 Å². The molecule has 16 heteroatoms. The first-order valence-electron chi connectivity index (χ1n) is 12.5. The molecule has 4 atom stereocenters. The van der Waals surface area contributed by atoms with Gasteiger partial charge in [0.05, 0.1) is 6.04 Å². The van der Waals surface area contributed by atoms with Crippen LogP contribution in [0.4, 0.5) is 17.6 Å². The lowest BCUT2D eigenvalue weighted by molar-refractivity contribution is -0.148. The number of anilines is 3. The molecule has 0 spiro atoms. The number of carbonyl (C=O) groups excluding carboxylic acids is 2. The Morgan fingerprint density at radius 2 is 1.73 bits per heavy atom. The molecule has 11 N–H and O–H groups in total. The zero-order chi connectivity index (χ0) is 30.3. The highest BCUT2D eigenvalue weighted by molar-refractivity contribution is 7.99. The molecule has 2 heterocycles. The van der Waals surface area contributed by atoms with E-state index >= 15 is 0 Å². The van der Waals surface area contributed by atoms with Gasteiger partial charge in [-0.25, -0.2) is 0 Å². The Morgan fingerprint density at radius 3 is 2.34 bits per heavy atom. The maximum absolute atomic E-state index is 13.0. The molecular weight excluding hydrogens is 558 g/mol. The van der Waals surface area contributed by atoms with E-state index in [4.69, 9.17) is 27.4 Å². The molecule has 1 aromatic carbocycles. The molecule has 1 aliphatic heterocycles. The number of carbonyl (C=O) groups is 5. The fourth-order valence-corrected chi connectivity index (χ4v) is 5.33. The van der Waals surface area contributed by atoms with Gasteiger partial charge in [-0.1, -0.05) is 0 Å². The number of carboxylic acids is 3. The normalized spacial score (nSPS) is 16.1. The van der Waals surface area contributed by atoms with E-state index in [-0.39, 0.29) is 23.9 Å². The largest absolute Gasteiger partial charge is 0.481 e. The average molecular weight is 590 g/mol. The third kappa shape index (κ3) is 8.28. The summed E-state index contributed by atoms with van der Waals surface area (Å²) in [5.41, 5.74) is 18.1. The predicted octanol–water partition coefficient (Wildman–Crippen LogP) is 0.368. The van der Waals surface area contributed by atoms with Crippen molar-refractivity contribution in [3.05, 3.63) is 35.4 Å². The van der Waals surface area contributed by atoms with Crippen molar-refractivity contribution < 1.29 is 39.3 Å². The number of aliphatic carboxylic acids is 3. The van der Waals surface area contributed by atoms with Crippen LogP contribution in [0.5, 0.6) is 0 Å². The zero-order valence-corrected chi connectivity index (χ0v) is 22.6. The molecule has 220 valence electrons. The molecular formula is C25H31N7O8S. The summed E-state index contributed by atoms with van der Waals surface area (Å²) < 4.78 is 0. The Morgan fingerprint density at radius 1 is 1.05 bits per heavy atom. The van der Waals surface area contributed by atoms with Crippen LogP contribution < -0.4 is 27.8 Å². The number of hydrogen-bond acceptors (Lipinski definition) is 12. The summed E-state index contributed by atoms with van der Waals surface area (Å²) in [5, 5.41) is 33.1. The second kappa shape index (κ2) is 13.8. The van der Waals surface area contributed by atoms with E-state index in [0.29, 0.717) is 18.2 Å². The van der Waals surface area contributed by atoms with Crippen LogP contribution in [0.2, 0.25) is 0 Å². The van der Waals surface area contributed by atoms with Crippen LogP contribution >= 0.6 is 11.8 Å². The van der Waals surface area contributed by atoms with Crippen LogP contribution in [-0.2, 0) is 19.2 Å². The summed E-state index contributed by atoms with van der Waals surface area (Å²) in [4.78, 5) is 68.7. The van der Waals surface area contributed by atoms with Crippen molar-refractivity contribution in [3.8, 4) is 0 Å². The van der Waals surface area contributed by atoms with Crippen LogP contribution in [0.1, 0.15) is 47.5 Å². The molecule has 0 saturated carbocycles. The molecule has 1 aliphatic rings. The fraction of sp³-hybridized carbons (Fsp3) is 0.400. The van der Waals surface area contributed by atoms with Gasteiger partial charge in [-0.2, -0.15) is 9.97 Å². The van der Waals surface area contributed by atoms with Gasteiger partial charge < -0.3 is 43.2 Å². The first kappa shape index (κ1) is 31.1. The monoisotopic (exact) mass is 589 g/mol. The second-order valence-corrected chi connectivity index (χ2v) is 10.6. The molecule has 41 heavy (non-hydrogen) atoms. The van der Waals surface area contributed by atoms with Crippen molar-refractivity contribution in [2.75, 3.05) is 29.1 Å². The van der Waals surface area contributed by atoms with Crippen molar-refractivity contribution in [2.45, 2.75) is 48.6 Å². The minimum absolute atomic E-state index is 0.106. The van der Waals surface area contributed by atoms with E-state index < -0.39 is 60.4 Å². The summed E-state index contributed by atoms with van der Waals surface area (Å²) in [6.07, 6.45) is -0.865. The number of nitrogen functional groups attached to an aromatic ring is 2. The number of amides is 1. The van der Waals surface area contributed by atoms with E-state index in [1.807, 2.05) is 0 Å². The summed E-state index contributed by atoms with van der Waals surface area (Å²) in [5.74, 6) is -6.06. The summed E-state index contributed by atoms with van der Waals surface area (Å²) >= 11 is 1.55. The lowest BCUT2D eigenvalue weighted by Crippen LogP contribution is -2.47. The van der Waals surface area contributed by atoms with E-state index in [2.05, 4.69) is 20.6 Å². The second-order valence-electron chi connectivity index (χ2n) is 9.40. The number of nitrogens with zero attached hydrogens (tertiary/aromatic N) is 2. The van der Waals surface area contributed by atoms with Crippen LogP contribution in [0.3, 0.4) is 0 Å². The van der Waals surface area contributed by atoms with Gasteiger partial charge in [0.15, 0.2) is 5.78 Å². The first-order chi connectivity index (χ1) is 19.4. The van der Waals surface area contributed by atoms with E-state index in [1.54, 1.807) is 23.9 Å². The molecule has 0 aliphatic carbocycles. The molecule has 2 aromatic rings. The number of fused-ring (bicyclic) bond motifs is 1. The molecule has 0 fully saturated rings. The van der Waals surface area contributed by atoms with Crippen molar-refractivity contribution in [1.29, 1.82) is 0 Å². The standard InChI is InChI=1S/C25H31N7O8S/c26-15(24(39)40)9-14(23(37)38)19(35)16(5-6-17(33)34)30-22(36)11-1-3-13(4-2-11)41-8-7-12-10-29-21-18(12)20(27)31-25(28)32-21/h1-4,12,14-16H,5-10,26H2,(H,30,36)(H,33,34)(H,37,38)(H,39,40)(H5,27,28,29,31,32)/t12?,14?,15-,16-/m0/s1. The molecule has 0 bridgehead atoms. The van der Waals surface area contributed by atoms with Crippen molar-refractivity contribution >= 4 is 58.9 Å². The maximum atomic E-state index is 13.0. The number of carboxylic acid groups (broad SMARTS) is 3. The van der Waals surface area contributed by atoms with Crippen LogP contribution in [0.25, 0.3) is 0 Å². The summed E-state index contributed by atoms with van der Waals surface area (Å²) in [7, 11) is 0. The Hall–Kier alpha value is -4.44. The first-order valence-corrected chi connectivity index (χ1v) is 13.5. The number of thioether (sulfide) groups is 1. The molecule has 2 unspecified atom stereocenters. The number of rotatable bonds is 15. The number of hydrogen-bond donors (Lipinski definition) is 8. The average Bonchev–Trinajstić information content (AvgIpc) is 3.31. The van der Waals surface area contributed by atoms with Crippen molar-refractivity contribution in [3.63, 3.8) is 0 Å². The third-order valence-corrected chi connectivity index (χ3v) is 7.56. The molecule has 0 saturated heterocycles. The third-order valence-electron chi connectivity index (χ3n) is 6.51. The Bertz CT molecular complexity index is 1320. The zero-order valence-electron chi connectivity index (χ0n) is 21.8. The van der Waals surface area contributed by atoms with Crippen molar-refractivity contribution in [2.24, 2.45) is 11.7 Å². The van der Waals surface area contributed by atoms with Gasteiger partial charge in [0, 0.05) is 34.9 Å². The smallest absolute Gasteiger partial charge is 0.320 e. The number of aromatic nitrogens is 2. The number of nitrogens with two attached hydrogens (primary N) is 3. The Labute approximate surface area is 238 Å². The van der Waals surface area contributed by atoms with E-state index in [1.165, 1.54) is 12.1 Å². The summed E-state index contributed by atoms with van der Waals surface area (Å²) in [6, 6.07) is 3.34. The number of benzene rings is 1. The molecule has 3 rings (SSSR count). The van der Waals surface area contributed by atoms with Gasteiger partial charge in [0.1, 0.15) is 23.6 Å². The summed E-state index contributed by atoms with van der Waals surface area (Å²) in [6.45, 7) is 0.657. The lowest BCUT2D eigenvalue weighted by atomic mass is 9.89. The van der Waals surface area contributed by atoms with Crippen LogP contribution in [0.15, 0.2) is 29.2 Å². The SMILES string of the molecule is Nc1nc(N)c2c(n1)NCC2CCSc1ccc(C(=O)N[C@@H](CCC(=O)O)C(=O)C(C[C@H](N)C(=O)O)C(=O)O)cc1. The maximum Gasteiger partial charge on any atom is 0.320 e. The van der Waals surface area contributed by atoms with Gasteiger partial charge in [-0.05, 0) is 49.3 Å². The Kier molecular flexibility index (Phi) is 10.4. The molecule has 0 radical (unpaired) electrons. The molecule has 15 nitrogen and oxygen atoms in total. The van der Waals surface area contributed by atoms with E-state index in [9.17, 15) is 29.1 Å². The van der Waals surface area contributed by atoms with E-state index in [0.717, 1.165) is 22.6 Å². The van der Waals surface area contributed by atoms with Crippen molar-refractivity contribution in [1.82, 2.24) is 15.3 Å². The predicted molar refractivity (Wildman–Crippen MR) is 148 cm³/mol. The number of Topliss-reactive ketones (excluding diaryl/α,β-unsaturated/α-hetero) is 1. The highest BCUT2D eigenvalue weighted by Crippen LogP contribution is 2.37. The number of ketones is 1. The number of nitrogens with one attached hydrogen (secondary N) is 2. The highest BCUT2D eigenvalue weighted by Gasteiger charge is 2.36. The minimum atomic E-state index is -1.85. The van der Waals surface area contributed by atoms with Gasteiger partial charge >= 0.3 is 17.9 Å². The van der Waals surface area contributed by atoms with Gasteiger partial charge in [-0.3, -0.25) is 24.0 Å².